The van der Waals surface area contributed by atoms with Gasteiger partial charge in [0.1, 0.15) is 0 Å². The molecule has 166 valence electrons. The second kappa shape index (κ2) is 7.72. The van der Waals surface area contributed by atoms with E-state index in [0.717, 1.165) is 31.2 Å². The Morgan fingerprint density at radius 2 is 1.59 bits per heavy atom. The number of carbonyl (C=O) groups excluding carboxylic acids is 1. The van der Waals surface area contributed by atoms with Crippen molar-refractivity contribution in [2.45, 2.75) is 49.2 Å². The molecule has 5 rings (SSSR count). The number of sulfonamides is 1. The number of nitrogens with zero attached hydrogens (tertiary/aromatic N) is 1. The first-order valence-electron chi connectivity index (χ1n) is 10.5. The van der Waals surface area contributed by atoms with E-state index in [1.54, 1.807) is 24.3 Å². The zero-order valence-electron chi connectivity index (χ0n) is 17.1. The van der Waals surface area contributed by atoms with Gasteiger partial charge in [-0.15, -0.1) is 0 Å². The smallest absolute Gasteiger partial charge is 0.314 e. The van der Waals surface area contributed by atoms with Gasteiger partial charge in [0, 0.05) is 24.2 Å². The van der Waals surface area contributed by atoms with Crippen molar-refractivity contribution >= 4 is 27.0 Å². The van der Waals surface area contributed by atoms with E-state index in [0.29, 0.717) is 11.1 Å². The summed E-state index contributed by atoms with van der Waals surface area (Å²) >= 11 is 0. The summed E-state index contributed by atoms with van der Waals surface area (Å²) in [5, 5.41) is 2.93. The number of amides is 1. The summed E-state index contributed by atoms with van der Waals surface area (Å²) in [5.41, 5.74) is 0.304. The van der Waals surface area contributed by atoms with Crippen LogP contribution in [0.1, 0.15) is 41.6 Å². The maximum absolute atomic E-state index is 13.4. The molecule has 0 saturated heterocycles. The van der Waals surface area contributed by atoms with Crippen LogP contribution in [-0.2, 0) is 16.6 Å². The van der Waals surface area contributed by atoms with Crippen LogP contribution in [0.3, 0.4) is 0 Å². The fraction of sp³-hybridized carbons (Fsp3) is 0.318. The van der Waals surface area contributed by atoms with Crippen LogP contribution < -0.4 is 16.4 Å². The normalized spacial score (nSPS) is 16.4. The molecule has 0 atom stereocenters. The second-order valence-electron chi connectivity index (χ2n) is 8.34. The Labute approximate surface area is 183 Å². The molecule has 1 amide bonds. The minimum atomic E-state index is -3.84. The molecule has 2 aliphatic carbocycles. The number of carbonyl (C=O) groups is 1. The van der Waals surface area contributed by atoms with Crippen LogP contribution in [0.5, 0.6) is 0 Å². The fourth-order valence-corrected chi connectivity index (χ4v) is 5.30. The Hall–Kier alpha value is -3.24. The highest BCUT2D eigenvalue weighted by Crippen LogP contribution is 2.34. The van der Waals surface area contributed by atoms with Crippen molar-refractivity contribution in [3.05, 3.63) is 74.3 Å². The molecule has 1 aromatic heterocycles. The van der Waals surface area contributed by atoms with Crippen LogP contribution in [0.4, 0.5) is 0 Å². The number of hydrogen-bond donors (Lipinski definition) is 3. The van der Waals surface area contributed by atoms with Crippen molar-refractivity contribution < 1.29 is 13.2 Å². The van der Waals surface area contributed by atoms with Crippen LogP contribution in [-0.4, -0.2) is 40.7 Å². The molecular formula is C22H22N4O5S. The van der Waals surface area contributed by atoms with Gasteiger partial charge in [-0.2, -0.15) is 4.31 Å². The largest absolute Gasteiger partial charge is 0.349 e. The zero-order valence-corrected chi connectivity index (χ0v) is 17.9. The number of aromatic amines is 2. The predicted molar refractivity (Wildman–Crippen MR) is 118 cm³/mol. The molecule has 2 saturated carbocycles. The van der Waals surface area contributed by atoms with E-state index >= 15 is 0 Å². The summed E-state index contributed by atoms with van der Waals surface area (Å²) in [6.07, 6.45) is 3.57. The van der Waals surface area contributed by atoms with Gasteiger partial charge in [0.2, 0.25) is 10.0 Å². The first-order chi connectivity index (χ1) is 15.3. The molecule has 2 aromatic carbocycles. The van der Waals surface area contributed by atoms with Crippen molar-refractivity contribution in [3.8, 4) is 0 Å². The van der Waals surface area contributed by atoms with Gasteiger partial charge < -0.3 is 15.3 Å². The molecule has 0 radical (unpaired) electrons. The first kappa shape index (κ1) is 20.7. The lowest BCUT2D eigenvalue weighted by molar-refractivity contribution is 0.0951. The Balaban J connectivity index is 1.41. The Bertz CT molecular complexity index is 1420. The zero-order chi connectivity index (χ0) is 22.5. The molecule has 2 fully saturated rings. The Kier molecular flexibility index (Phi) is 4.98. The van der Waals surface area contributed by atoms with Crippen LogP contribution in [0.2, 0.25) is 0 Å². The Morgan fingerprint density at radius 3 is 2.22 bits per heavy atom. The summed E-state index contributed by atoms with van der Waals surface area (Å²) in [5.74, 6) is -0.117. The molecule has 3 N–H and O–H groups in total. The van der Waals surface area contributed by atoms with Crippen molar-refractivity contribution in [2.75, 3.05) is 0 Å². The topological polar surface area (TPSA) is 132 Å². The van der Waals surface area contributed by atoms with Crippen molar-refractivity contribution in [1.82, 2.24) is 19.6 Å². The van der Waals surface area contributed by atoms with E-state index in [1.807, 2.05) is 0 Å². The molecule has 0 bridgehead atoms. The van der Waals surface area contributed by atoms with Crippen LogP contribution in [0, 0.1) is 0 Å². The number of rotatable bonds is 7. The van der Waals surface area contributed by atoms with Gasteiger partial charge in [-0.05, 0) is 61.6 Å². The average Bonchev–Trinajstić information content (AvgIpc) is 3.68. The van der Waals surface area contributed by atoms with E-state index in [-0.39, 0.29) is 34.9 Å². The SMILES string of the molecule is O=C(NC1CC1)c1ccc(CN(C2CC2)S(=O)(=O)c2ccc3[nH]c(=O)c(=O)[nH]c3c2)cc1. The van der Waals surface area contributed by atoms with Crippen molar-refractivity contribution in [1.29, 1.82) is 0 Å². The third-order valence-electron chi connectivity index (χ3n) is 5.72. The van der Waals surface area contributed by atoms with Gasteiger partial charge in [-0.3, -0.25) is 14.4 Å². The molecule has 10 heteroatoms. The minimum Gasteiger partial charge on any atom is -0.349 e. The Morgan fingerprint density at radius 1 is 0.938 bits per heavy atom. The second-order valence-corrected chi connectivity index (χ2v) is 10.2. The maximum atomic E-state index is 13.4. The monoisotopic (exact) mass is 454 g/mol. The van der Waals surface area contributed by atoms with Crippen LogP contribution in [0.15, 0.2) is 56.9 Å². The lowest BCUT2D eigenvalue weighted by Gasteiger charge is -2.22. The summed E-state index contributed by atoms with van der Waals surface area (Å²) < 4.78 is 28.3. The number of hydrogen-bond acceptors (Lipinski definition) is 5. The number of fused-ring (bicyclic) bond motifs is 1. The standard InChI is InChI=1S/C22H22N4O5S/c27-20(23-15-5-6-15)14-3-1-13(2-4-14)12-26(16-7-8-16)32(30,31)17-9-10-18-19(11-17)25-22(29)21(28)24-18/h1-4,9-11,15-16H,5-8,12H2,(H,23,27)(H,24,28)(H,25,29). The number of nitrogens with one attached hydrogen (secondary N) is 3. The summed E-state index contributed by atoms with van der Waals surface area (Å²) in [4.78, 5) is 40.2. The highest BCUT2D eigenvalue weighted by molar-refractivity contribution is 7.89. The van der Waals surface area contributed by atoms with E-state index in [1.165, 1.54) is 22.5 Å². The number of aromatic nitrogens is 2. The van der Waals surface area contributed by atoms with Crippen molar-refractivity contribution in [2.24, 2.45) is 0 Å². The average molecular weight is 455 g/mol. The molecule has 0 aliphatic heterocycles. The third kappa shape index (κ3) is 4.11. The maximum Gasteiger partial charge on any atom is 0.314 e. The summed E-state index contributed by atoms with van der Waals surface area (Å²) in [6, 6.07) is 11.4. The third-order valence-corrected chi connectivity index (χ3v) is 7.62. The molecule has 1 heterocycles. The number of H-pyrrole nitrogens is 2. The van der Waals surface area contributed by atoms with Gasteiger partial charge in [-0.1, -0.05) is 12.1 Å². The van der Waals surface area contributed by atoms with Gasteiger partial charge in [0.15, 0.2) is 0 Å². The molecule has 32 heavy (non-hydrogen) atoms. The first-order valence-corrected chi connectivity index (χ1v) is 11.9. The van der Waals surface area contributed by atoms with E-state index < -0.39 is 21.1 Å². The van der Waals surface area contributed by atoms with Gasteiger partial charge in [0.05, 0.1) is 15.9 Å². The molecule has 3 aromatic rings. The molecule has 0 unspecified atom stereocenters. The summed E-state index contributed by atoms with van der Waals surface area (Å²) in [7, 11) is -3.84. The quantitative estimate of drug-likeness (QED) is 0.465. The molecule has 9 nitrogen and oxygen atoms in total. The van der Waals surface area contributed by atoms with Gasteiger partial charge in [0.25, 0.3) is 5.91 Å². The van der Waals surface area contributed by atoms with Gasteiger partial charge in [-0.25, -0.2) is 8.42 Å². The van der Waals surface area contributed by atoms with E-state index in [4.69, 9.17) is 0 Å². The van der Waals surface area contributed by atoms with Crippen molar-refractivity contribution in [3.63, 3.8) is 0 Å². The van der Waals surface area contributed by atoms with Crippen LogP contribution >= 0.6 is 0 Å². The molecule has 0 spiro atoms. The van der Waals surface area contributed by atoms with Crippen LogP contribution in [0.25, 0.3) is 11.0 Å². The lowest BCUT2D eigenvalue weighted by atomic mass is 10.1. The molecular weight excluding hydrogens is 432 g/mol. The lowest BCUT2D eigenvalue weighted by Crippen LogP contribution is -2.33. The summed E-state index contributed by atoms with van der Waals surface area (Å²) in [6.45, 7) is 0.178. The van der Waals surface area contributed by atoms with E-state index in [9.17, 15) is 22.8 Å². The molecule has 2 aliphatic rings. The highest BCUT2D eigenvalue weighted by Gasteiger charge is 2.38. The number of benzene rings is 2. The minimum absolute atomic E-state index is 0.0417. The van der Waals surface area contributed by atoms with E-state index in [2.05, 4.69) is 15.3 Å². The highest BCUT2D eigenvalue weighted by atomic mass is 32.2. The predicted octanol–water partition coefficient (Wildman–Crippen LogP) is 1.46. The fourth-order valence-electron chi connectivity index (χ4n) is 3.60. The van der Waals surface area contributed by atoms with Gasteiger partial charge >= 0.3 is 11.1 Å².